The third-order valence-electron chi connectivity index (χ3n) is 3.70. The molecule has 0 saturated carbocycles. The molecule has 0 radical (unpaired) electrons. The largest absolute Gasteiger partial charge is 0.383 e. The minimum atomic E-state index is -3.69. The molecule has 0 fully saturated rings. The summed E-state index contributed by atoms with van der Waals surface area (Å²) in [5, 5.41) is 0. The van der Waals surface area contributed by atoms with E-state index in [0.29, 0.717) is 0 Å². The van der Waals surface area contributed by atoms with E-state index in [4.69, 9.17) is 4.74 Å². The normalized spacial score (nSPS) is 13.4. The lowest BCUT2D eigenvalue weighted by Crippen LogP contribution is -2.39. The summed E-state index contributed by atoms with van der Waals surface area (Å²) in [6.45, 7) is 6.60. The van der Waals surface area contributed by atoms with Crippen LogP contribution in [0.1, 0.15) is 26.3 Å². The van der Waals surface area contributed by atoms with Crippen LogP contribution in [0, 0.1) is 0 Å². The molecule has 0 bridgehead atoms. The number of sulfonamides is 2. The van der Waals surface area contributed by atoms with E-state index in [9.17, 15) is 16.8 Å². The smallest absolute Gasteiger partial charge is 0.240 e. The fourth-order valence-corrected chi connectivity index (χ4v) is 4.01. The van der Waals surface area contributed by atoms with Gasteiger partial charge in [-0.15, -0.1) is 0 Å². The molecule has 0 aliphatic carbocycles. The molecule has 0 heterocycles. The Hall–Kier alpha value is -1.00. The Kier molecular flexibility index (Phi) is 7.57. The van der Waals surface area contributed by atoms with Crippen molar-refractivity contribution in [3.63, 3.8) is 0 Å². The number of nitrogens with one attached hydrogen (secondary N) is 1. The first kappa shape index (κ1) is 22.0. The van der Waals surface area contributed by atoms with Crippen molar-refractivity contribution >= 4 is 20.0 Å². The molecule has 1 N–H and O–H groups in total. The fraction of sp³-hybridized carbons (Fsp3) is 0.625. The van der Waals surface area contributed by atoms with Gasteiger partial charge in [0.15, 0.2) is 0 Å². The average Bonchev–Trinajstić information content (AvgIpc) is 2.48. The Bertz CT molecular complexity index is 751. The molecule has 1 rings (SSSR count). The van der Waals surface area contributed by atoms with Gasteiger partial charge in [-0.05, 0) is 23.1 Å². The van der Waals surface area contributed by atoms with Crippen molar-refractivity contribution in [2.75, 3.05) is 39.6 Å². The molecule has 1 aromatic carbocycles. The third-order valence-corrected chi connectivity index (χ3v) is 6.48. The number of rotatable bonds is 9. The SMILES string of the molecule is COCCN(CCNS(=O)(=O)c1ccc(C(C)(C)C)cc1)S(C)(=O)=O. The maximum atomic E-state index is 12.3. The minimum absolute atomic E-state index is 0.0138. The number of hydrogen-bond donors (Lipinski definition) is 1. The highest BCUT2D eigenvalue weighted by Gasteiger charge is 2.20. The lowest BCUT2D eigenvalue weighted by atomic mass is 9.87. The van der Waals surface area contributed by atoms with Crippen LogP contribution in [0.2, 0.25) is 0 Å². The molecule has 144 valence electrons. The van der Waals surface area contributed by atoms with Gasteiger partial charge in [0.05, 0.1) is 17.8 Å². The van der Waals surface area contributed by atoms with Crippen LogP contribution in [-0.4, -0.2) is 60.7 Å². The van der Waals surface area contributed by atoms with E-state index in [-0.39, 0.29) is 36.6 Å². The van der Waals surface area contributed by atoms with Gasteiger partial charge in [0, 0.05) is 26.7 Å². The number of hydrogen-bond acceptors (Lipinski definition) is 5. The van der Waals surface area contributed by atoms with Crippen molar-refractivity contribution in [3.05, 3.63) is 29.8 Å². The van der Waals surface area contributed by atoms with Gasteiger partial charge in [0.2, 0.25) is 20.0 Å². The Balaban J connectivity index is 2.75. The van der Waals surface area contributed by atoms with Crippen LogP contribution in [0.5, 0.6) is 0 Å². The molecule has 0 atom stereocenters. The van der Waals surface area contributed by atoms with Crippen LogP contribution in [0.15, 0.2) is 29.2 Å². The van der Waals surface area contributed by atoms with E-state index < -0.39 is 20.0 Å². The number of ether oxygens (including phenoxy) is 1. The average molecular weight is 393 g/mol. The van der Waals surface area contributed by atoms with Gasteiger partial charge >= 0.3 is 0 Å². The first-order chi connectivity index (χ1) is 11.4. The van der Waals surface area contributed by atoms with Crippen molar-refractivity contribution in [3.8, 4) is 0 Å². The maximum Gasteiger partial charge on any atom is 0.240 e. The van der Waals surface area contributed by atoms with Crippen LogP contribution in [0.3, 0.4) is 0 Å². The van der Waals surface area contributed by atoms with Gasteiger partial charge in [-0.1, -0.05) is 32.9 Å². The van der Waals surface area contributed by atoms with Crippen LogP contribution in [-0.2, 0) is 30.2 Å². The standard InChI is InChI=1S/C16H28N2O5S2/c1-16(2,3)14-6-8-15(9-7-14)25(21,22)17-10-11-18(12-13-23-4)24(5,19)20/h6-9,17H,10-13H2,1-5H3. The number of methoxy groups -OCH3 is 1. The van der Waals surface area contributed by atoms with E-state index in [1.165, 1.54) is 11.4 Å². The van der Waals surface area contributed by atoms with E-state index in [0.717, 1.165) is 11.8 Å². The molecule has 0 aromatic heterocycles. The predicted molar refractivity (Wildman–Crippen MR) is 98.6 cm³/mol. The highest BCUT2D eigenvalue weighted by atomic mass is 32.2. The minimum Gasteiger partial charge on any atom is -0.383 e. The second kappa shape index (κ2) is 8.59. The van der Waals surface area contributed by atoms with Gasteiger partial charge in [-0.2, -0.15) is 4.31 Å². The molecule has 0 spiro atoms. The van der Waals surface area contributed by atoms with Gasteiger partial charge in [0.1, 0.15) is 0 Å². The van der Waals surface area contributed by atoms with Crippen molar-refractivity contribution in [1.29, 1.82) is 0 Å². The summed E-state index contributed by atoms with van der Waals surface area (Å²) < 4.78 is 56.5. The Morgan fingerprint density at radius 3 is 2.04 bits per heavy atom. The van der Waals surface area contributed by atoms with Crippen LogP contribution >= 0.6 is 0 Å². The molecule has 0 amide bonds. The monoisotopic (exact) mass is 392 g/mol. The topological polar surface area (TPSA) is 92.8 Å². The molecular formula is C16H28N2O5S2. The predicted octanol–water partition coefficient (Wildman–Crippen LogP) is 1.17. The molecular weight excluding hydrogens is 364 g/mol. The zero-order chi connectivity index (χ0) is 19.3. The fourth-order valence-electron chi connectivity index (χ4n) is 2.16. The lowest BCUT2D eigenvalue weighted by Gasteiger charge is -2.20. The summed E-state index contributed by atoms with van der Waals surface area (Å²) in [6, 6.07) is 6.69. The van der Waals surface area contributed by atoms with Gasteiger partial charge in [-0.3, -0.25) is 0 Å². The zero-order valence-corrected chi connectivity index (χ0v) is 17.1. The van der Waals surface area contributed by atoms with Crippen LogP contribution in [0.25, 0.3) is 0 Å². The summed E-state index contributed by atoms with van der Waals surface area (Å²) in [5.41, 5.74) is 0.974. The quantitative estimate of drug-likeness (QED) is 0.681. The summed E-state index contributed by atoms with van der Waals surface area (Å²) >= 11 is 0. The van der Waals surface area contributed by atoms with E-state index in [2.05, 4.69) is 25.5 Å². The molecule has 1 aromatic rings. The lowest BCUT2D eigenvalue weighted by molar-refractivity contribution is 0.179. The maximum absolute atomic E-state index is 12.3. The molecule has 0 aliphatic rings. The van der Waals surface area contributed by atoms with E-state index in [1.807, 2.05) is 0 Å². The molecule has 25 heavy (non-hydrogen) atoms. The number of nitrogens with zero attached hydrogens (tertiary/aromatic N) is 1. The molecule has 7 nitrogen and oxygen atoms in total. The summed E-state index contributed by atoms with van der Waals surface area (Å²) in [7, 11) is -5.63. The first-order valence-electron chi connectivity index (χ1n) is 7.92. The Morgan fingerprint density at radius 1 is 1.04 bits per heavy atom. The number of benzene rings is 1. The Morgan fingerprint density at radius 2 is 1.60 bits per heavy atom. The zero-order valence-electron chi connectivity index (χ0n) is 15.4. The first-order valence-corrected chi connectivity index (χ1v) is 11.3. The van der Waals surface area contributed by atoms with Crippen LogP contribution < -0.4 is 4.72 Å². The Labute approximate surface area is 151 Å². The third kappa shape index (κ3) is 7.02. The van der Waals surface area contributed by atoms with Gasteiger partial charge < -0.3 is 4.74 Å². The van der Waals surface area contributed by atoms with Crippen molar-refractivity contribution < 1.29 is 21.6 Å². The molecule has 9 heteroatoms. The summed E-state index contributed by atoms with van der Waals surface area (Å²) in [5.74, 6) is 0. The summed E-state index contributed by atoms with van der Waals surface area (Å²) in [4.78, 5) is 0.156. The van der Waals surface area contributed by atoms with E-state index >= 15 is 0 Å². The van der Waals surface area contributed by atoms with Crippen LogP contribution in [0.4, 0.5) is 0 Å². The van der Waals surface area contributed by atoms with Crippen molar-refractivity contribution in [2.45, 2.75) is 31.1 Å². The summed E-state index contributed by atoms with van der Waals surface area (Å²) in [6.07, 6.45) is 1.09. The molecule has 0 unspecified atom stereocenters. The molecule has 0 aliphatic heterocycles. The highest BCUT2D eigenvalue weighted by Crippen LogP contribution is 2.23. The van der Waals surface area contributed by atoms with Crippen molar-refractivity contribution in [2.24, 2.45) is 0 Å². The van der Waals surface area contributed by atoms with Crippen molar-refractivity contribution in [1.82, 2.24) is 9.03 Å². The second-order valence-corrected chi connectivity index (χ2v) is 10.6. The second-order valence-electron chi connectivity index (χ2n) is 6.83. The molecule has 0 saturated heterocycles. The van der Waals surface area contributed by atoms with Gasteiger partial charge in [-0.25, -0.2) is 21.6 Å². The van der Waals surface area contributed by atoms with E-state index in [1.54, 1.807) is 24.3 Å². The van der Waals surface area contributed by atoms with Gasteiger partial charge in [0.25, 0.3) is 0 Å². The highest BCUT2D eigenvalue weighted by molar-refractivity contribution is 7.89.